The molecule has 2 nitrogen and oxygen atoms in total. The fourth-order valence-corrected chi connectivity index (χ4v) is 3.31. The highest BCUT2D eigenvalue weighted by Gasteiger charge is 2.19. The Morgan fingerprint density at radius 2 is 2.40 bits per heavy atom. The molecule has 1 aromatic rings. The lowest BCUT2D eigenvalue weighted by Gasteiger charge is -2.27. The first kappa shape index (κ1) is 11.1. The van der Waals surface area contributed by atoms with E-state index in [0.717, 1.165) is 23.0 Å². The molecular formula is C11H15ClN2S. The van der Waals surface area contributed by atoms with Gasteiger partial charge < -0.3 is 10.6 Å². The van der Waals surface area contributed by atoms with Crippen LogP contribution in [0.4, 0.5) is 5.69 Å². The van der Waals surface area contributed by atoms with E-state index in [4.69, 9.17) is 11.6 Å². The summed E-state index contributed by atoms with van der Waals surface area (Å²) in [5, 5.41) is 7.49. The molecule has 0 radical (unpaired) electrons. The molecule has 0 amide bonds. The van der Waals surface area contributed by atoms with Crippen LogP contribution in [0.3, 0.4) is 0 Å². The zero-order valence-corrected chi connectivity index (χ0v) is 10.5. The van der Waals surface area contributed by atoms with Crippen molar-refractivity contribution in [3.8, 4) is 0 Å². The predicted molar refractivity (Wildman–Crippen MR) is 68.3 cm³/mol. The number of benzene rings is 1. The average Bonchev–Trinajstić information content (AvgIpc) is 2.19. The molecule has 2 N–H and O–H groups in total. The van der Waals surface area contributed by atoms with Crippen LogP contribution >= 0.6 is 23.4 Å². The number of fused-ring (bicyclic) bond motifs is 1. The number of likely N-dealkylation sites (N-methyl/N-ethyl adjacent to an activating group) is 1. The Bertz CT molecular complexity index is 368. The monoisotopic (exact) mass is 242 g/mol. The number of anilines is 1. The Hall–Kier alpha value is -0.380. The van der Waals surface area contributed by atoms with Crippen LogP contribution in [-0.4, -0.2) is 25.4 Å². The van der Waals surface area contributed by atoms with Crippen molar-refractivity contribution >= 4 is 29.1 Å². The number of thioether (sulfide) groups is 1. The molecule has 15 heavy (non-hydrogen) atoms. The first-order valence-electron chi connectivity index (χ1n) is 5.05. The minimum atomic E-state index is 0.465. The first-order chi connectivity index (χ1) is 7.20. The summed E-state index contributed by atoms with van der Waals surface area (Å²) >= 11 is 8.09. The number of rotatable bonds is 2. The lowest BCUT2D eigenvalue weighted by atomic mass is 10.2. The third-order valence-corrected chi connectivity index (χ3v) is 3.94. The van der Waals surface area contributed by atoms with Crippen LogP contribution in [-0.2, 0) is 0 Å². The molecule has 1 atom stereocenters. The molecule has 0 fully saturated rings. The van der Waals surface area contributed by atoms with Gasteiger partial charge in [-0.3, -0.25) is 0 Å². The summed E-state index contributed by atoms with van der Waals surface area (Å²) in [6.07, 6.45) is 0. The molecule has 4 heteroatoms. The van der Waals surface area contributed by atoms with E-state index in [1.54, 1.807) is 0 Å². The minimum Gasteiger partial charge on any atom is -0.378 e. The highest BCUT2D eigenvalue weighted by atomic mass is 35.5. The third-order valence-electron chi connectivity index (χ3n) is 2.44. The van der Waals surface area contributed by atoms with Crippen LogP contribution in [0.2, 0.25) is 5.02 Å². The maximum atomic E-state index is 6.22. The summed E-state index contributed by atoms with van der Waals surface area (Å²) in [5.74, 6) is 1.09. The van der Waals surface area contributed by atoms with Crippen molar-refractivity contribution in [1.29, 1.82) is 0 Å². The number of aryl methyl sites for hydroxylation is 1. The van der Waals surface area contributed by atoms with E-state index in [9.17, 15) is 0 Å². The molecule has 1 aliphatic heterocycles. The van der Waals surface area contributed by atoms with Gasteiger partial charge in [-0.15, -0.1) is 11.8 Å². The molecule has 0 spiro atoms. The molecular weight excluding hydrogens is 228 g/mol. The zero-order chi connectivity index (χ0) is 10.8. The maximum Gasteiger partial charge on any atom is 0.0670 e. The van der Waals surface area contributed by atoms with Crippen molar-refractivity contribution in [3.63, 3.8) is 0 Å². The predicted octanol–water partition coefficient (Wildman–Crippen LogP) is 2.75. The van der Waals surface area contributed by atoms with Gasteiger partial charge in [-0.1, -0.05) is 11.6 Å². The number of hydrogen-bond acceptors (Lipinski definition) is 3. The topological polar surface area (TPSA) is 24.1 Å². The second-order valence-electron chi connectivity index (χ2n) is 3.83. The molecule has 0 aromatic heterocycles. The van der Waals surface area contributed by atoms with Gasteiger partial charge in [-0.25, -0.2) is 0 Å². The van der Waals surface area contributed by atoms with Crippen molar-refractivity contribution in [3.05, 3.63) is 22.7 Å². The summed E-state index contributed by atoms with van der Waals surface area (Å²) in [7, 11) is 1.97. The van der Waals surface area contributed by atoms with Crippen LogP contribution < -0.4 is 10.6 Å². The second-order valence-corrected chi connectivity index (χ2v) is 5.30. The van der Waals surface area contributed by atoms with Crippen LogP contribution in [0, 0.1) is 6.92 Å². The number of halogens is 1. The summed E-state index contributed by atoms with van der Waals surface area (Å²) in [6.45, 7) is 3.04. The van der Waals surface area contributed by atoms with Gasteiger partial charge >= 0.3 is 0 Å². The normalized spacial score (nSPS) is 19.5. The highest BCUT2D eigenvalue weighted by Crippen LogP contribution is 2.38. The van der Waals surface area contributed by atoms with Crippen LogP contribution in [0.1, 0.15) is 5.56 Å². The molecule has 1 aromatic carbocycles. The van der Waals surface area contributed by atoms with Gasteiger partial charge in [0, 0.05) is 23.2 Å². The maximum absolute atomic E-state index is 6.22. The molecule has 0 saturated carbocycles. The minimum absolute atomic E-state index is 0.465. The van der Waals surface area contributed by atoms with Gasteiger partial charge in [0.05, 0.1) is 10.7 Å². The van der Waals surface area contributed by atoms with Crippen molar-refractivity contribution < 1.29 is 0 Å². The fraction of sp³-hybridized carbons (Fsp3) is 0.455. The summed E-state index contributed by atoms with van der Waals surface area (Å²) in [5.41, 5.74) is 2.32. The molecule has 1 aliphatic rings. The molecule has 82 valence electrons. The summed E-state index contributed by atoms with van der Waals surface area (Å²) in [6, 6.07) is 4.66. The fourth-order valence-electron chi connectivity index (χ4n) is 1.76. The Labute approximate surface area is 99.8 Å². The Morgan fingerprint density at radius 3 is 3.13 bits per heavy atom. The number of hydrogen-bond donors (Lipinski definition) is 2. The molecule has 0 aliphatic carbocycles. The van der Waals surface area contributed by atoms with E-state index in [0.29, 0.717) is 6.04 Å². The largest absolute Gasteiger partial charge is 0.378 e. The van der Waals surface area contributed by atoms with Gasteiger partial charge in [-0.2, -0.15) is 0 Å². The molecule has 0 bridgehead atoms. The van der Waals surface area contributed by atoms with Crippen molar-refractivity contribution in [2.24, 2.45) is 0 Å². The third kappa shape index (κ3) is 2.41. The molecule has 2 rings (SSSR count). The van der Waals surface area contributed by atoms with Gasteiger partial charge in [0.2, 0.25) is 0 Å². The van der Waals surface area contributed by atoms with Gasteiger partial charge in [0.15, 0.2) is 0 Å². The summed E-state index contributed by atoms with van der Waals surface area (Å²) in [4.78, 5) is 1.27. The average molecular weight is 243 g/mol. The van der Waals surface area contributed by atoms with E-state index in [2.05, 4.69) is 23.6 Å². The Balaban J connectivity index is 2.25. The standard InChI is InChI=1S/C11H15ClN2S/c1-7-3-9(12)11-10(4-7)15-6-8(14-11)5-13-2/h3-4,8,13-14H,5-6H2,1-2H3. The van der Waals surface area contributed by atoms with Crippen LogP contribution in [0.25, 0.3) is 0 Å². The van der Waals surface area contributed by atoms with Gasteiger partial charge in [-0.05, 0) is 31.7 Å². The lowest BCUT2D eigenvalue weighted by Crippen LogP contribution is -2.35. The van der Waals surface area contributed by atoms with E-state index < -0.39 is 0 Å². The van der Waals surface area contributed by atoms with Gasteiger partial charge in [0.25, 0.3) is 0 Å². The lowest BCUT2D eigenvalue weighted by molar-refractivity contribution is 0.702. The molecule has 1 unspecified atom stereocenters. The van der Waals surface area contributed by atoms with Crippen molar-refractivity contribution in [2.75, 3.05) is 24.7 Å². The van der Waals surface area contributed by atoms with Crippen LogP contribution in [0.15, 0.2) is 17.0 Å². The summed E-state index contributed by atoms with van der Waals surface area (Å²) < 4.78 is 0. The molecule has 1 heterocycles. The quantitative estimate of drug-likeness (QED) is 0.834. The number of nitrogens with one attached hydrogen (secondary N) is 2. The SMILES string of the molecule is CNCC1CSc2cc(C)cc(Cl)c2N1. The Morgan fingerprint density at radius 1 is 1.60 bits per heavy atom. The highest BCUT2D eigenvalue weighted by molar-refractivity contribution is 7.99. The zero-order valence-electron chi connectivity index (χ0n) is 8.93. The smallest absolute Gasteiger partial charge is 0.0670 e. The van der Waals surface area contributed by atoms with Crippen LogP contribution in [0.5, 0.6) is 0 Å². The van der Waals surface area contributed by atoms with E-state index >= 15 is 0 Å². The Kier molecular flexibility index (Phi) is 3.44. The van der Waals surface area contributed by atoms with Crippen molar-refractivity contribution in [2.45, 2.75) is 17.9 Å². The van der Waals surface area contributed by atoms with E-state index in [1.165, 1.54) is 10.5 Å². The van der Waals surface area contributed by atoms with E-state index in [-0.39, 0.29) is 0 Å². The van der Waals surface area contributed by atoms with Gasteiger partial charge in [0.1, 0.15) is 0 Å². The molecule has 0 saturated heterocycles. The van der Waals surface area contributed by atoms with Crippen molar-refractivity contribution in [1.82, 2.24) is 5.32 Å². The first-order valence-corrected chi connectivity index (χ1v) is 6.41. The second kappa shape index (κ2) is 4.64. The van der Waals surface area contributed by atoms with E-state index in [1.807, 2.05) is 24.9 Å².